The maximum atomic E-state index is 12.9. The van der Waals surface area contributed by atoms with Crippen molar-refractivity contribution in [2.75, 3.05) is 41.0 Å². The van der Waals surface area contributed by atoms with Gasteiger partial charge in [-0.2, -0.15) is 0 Å². The Morgan fingerprint density at radius 1 is 0.897 bits per heavy atom. The summed E-state index contributed by atoms with van der Waals surface area (Å²) in [6.07, 6.45) is 1.59. The smallest absolute Gasteiger partial charge is 0.293 e. The molecular formula is C29H28N2O7S. The average molecular weight is 549 g/mol. The van der Waals surface area contributed by atoms with Crippen LogP contribution in [0.3, 0.4) is 0 Å². The summed E-state index contributed by atoms with van der Waals surface area (Å²) < 4.78 is 21.8. The molecule has 10 heteroatoms. The van der Waals surface area contributed by atoms with Crippen LogP contribution in [0.15, 0.2) is 71.6 Å². The molecule has 1 saturated heterocycles. The predicted octanol–water partition coefficient (Wildman–Crippen LogP) is 4.61. The summed E-state index contributed by atoms with van der Waals surface area (Å²) in [7, 11) is 4.49. The van der Waals surface area contributed by atoms with Crippen LogP contribution in [0.5, 0.6) is 23.0 Å². The van der Waals surface area contributed by atoms with Gasteiger partial charge < -0.3 is 24.3 Å². The number of nitrogens with one attached hydrogen (secondary N) is 1. The molecule has 1 N–H and O–H groups in total. The number of carbonyl (C=O) groups excluding carboxylic acids is 3. The number of thioether (sulfide) groups is 1. The summed E-state index contributed by atoms with van der Waals surface area (Å²) in [6, 6.07) is 20.6. The summed E-state index contributed by atoms with van der Waals surface area (Å²) in [5.41, 5.74) is 2.46. The lowest BCUT2D eigenvalue weighted by Gasteiger charge is -2.14. The van der Waals surface area contributed by atoms with Gasteiger partial charge in [-0.05, 0) is 47.2 Å². The summed E-state index contributed by atoms with van der Waals surface area (Å²) in [4.78, 5) is 39.2. The molecule has 0 aromatic heterocycles. The van der Waals surface area contributed by atoms with Gasteiger partial charge in [-0.3, -0.25) is 19.3 Å². The largest absolute Gasteiger partial charge is 0.493 e. The Bertz CT molecular complexity index is 1370. The third-order valence-corrected chi connectivity index (χ3v) is 6.75. The van der Waals surface area contributed by atoms with Crippen LogP contribution in [-0.2, 0) is 9.59 Å². The number of rotatable bonds is 11. The summed E-state index contributed by atoms with van der Waals surface area (Å²) in [6.45, 7) is -0.0750. The van der Waals surface area contributed by atoms with E-state index in [4.69, 9.17) is 18.9 Å². The fourth-order valence-electron chi connectivity index (χ4n) is 3.98. The molecule has 9 nitrogen and oxygen atoms in total. The van der Waals surface area contributed by atoms with Crippen molar-refractivity contribution in [2.45, 2.75) is 0 Å². The number of methoxy groups -OCH3 is 3. The number of benzene rings is 3. The molecule has 1 fully saturated rings. The third kappa shape index (κ3) is 6.53. The lowest BCUT2D eigenvalue weighted by molar-refractivity contribution is -0.125. The molecule has 0 spiro atoms. The number of hydrogen-bond acceptors (Lipinski definition) is 8. The van der Waals surface area contributed by atoms with Crippen molar-refractivity contribution >= 4 is 34.9 Å². The Morgan fingerprint density at radius 3 is 2.23 bits per heavy atom. The Morgan fingerprint density at radius 2 is 1.56 bits per heavy atom. The van der Waals surface area contributed by atoms with Crippen LogP contribution >= 0.6 is 11.8 Å². The monoisotopic (exact) mass is 548 g/mol. The van der Waals surface area contributed by atoms with Gasteiger partial charge in [0.25, 0.3) is 17.1 Å². The van der Waals surface area contributed by atoms with E-state index in [1.54, 1.807) is 24.3 Å². The van der Waals surface area contributed by atoms with Gasteiger partial charge in [-0.25, -0.2) is 0 Å². The molecule has 1 heterocycles. The maximum absolute atomic E-state index is 12.9. The van der Waals surface area contributed by atoms with E-state index in [0.717, 1.165) is 27.8 Å². The molecular weight excluding hydrogens is 520 g/mol. The van der Waals surface area contributed by atoms with E-state index in [9.17, 15) is 14.4 Å². The normalized spacial score (nSPS) is 13.9. The van der Waals surface area contributed by atoms with Crippen LogP contribution in [0.1, 0.15) is 5.56 Å². The zero-order valence-electron chi connectivity index (χ0n) is 21.8. The molecule has 3 amide bonds. The van der Waals surface area contributed by atoms with E-state index in [0.29, 0.717) is 28.6 Å². The first kappa shape index (κ1) is 27.6. The van der Waals surface area contributed by atoms with Crippen molar-refractivity contribution in [3.63, 3.8) is 0 Å². The molecule has 0 atom stereocenters. The van der Waals surface area contributed by atoms with Crippen molar-refractivity contribution in [3.8, 4) is 34.1 Å². The summed E-state index contributed by atoms with van der Waals surface area (Å²) >= 11 is 0.828. The highest BCUT2D eigenvalue weighted by Gasteiger charge is 2.34. The molecule has 4 rings (SSSR count). The van der Waals surface area contributed by atoms with E-state index in [-0.39, 0.29) is 30.5 Å². The maximum Gasteiger partial charge on any atom is 0.293 e. The molecule has 39 heavy (non-hydrogen) atoms. The lowest BCUT2D eigenvalue weighted by atomic mass is 10.1. The van der Waals surface area contributed by atoms with Gasteiger partial charge in [-0.1, -0.05) is 48.5 Å². The van der Waals surface area contributed by atoms with Crippen LogP contribution in [0.4, 0.5) is 4.79 Å². The van der Waals surface area contributed by atoms with E-state index < -0.39 is 11.1 Å². The molecule has 1 aliphatic heterocycles. The summed E-state index contributed by atoms with van der Waals surface area (Å²) in [5.74, 6) is 1.06. The van der Waals surface area contributed by atoms with Crippen LogP contribution in [0.2, 0.25) is 0 Å². The standard InChI is InChI=1S/C29H28N2O7S/c1-35-23-15-19(16-24(36-2)27(23)37-3)17-25-28(33)31(29(34)39-25)14-13-30-26(32)18-38-22-12-8-7-11-21(22)20-9-5-4-6-10-20/h4-12,15-17H,13-14,18H2,1-3H3,(H,30,32). The Labute approximate surface area is 230 Å². The minimum atomic E-state index is -0.443. The van der Waals surface area contributed by atoms with E-state index in [1.807, 2.05) is 48.5 Å². The number of imide groups is 1. The van der Waals surface area contributed by atoms with E-state index >= 15 is 0 Å². The number of amides is 3. The van der Waals surface area contributed by atoms with Crippen molar-refractivity contribution in [3.05, 3.63) is 77.2 Å². The number of hydrogen-bond donors (Lipinski definition) is 1. The number of nitrogens with zero attached hydrogens (tertiary/aromatic N) is 1. The fraction of sp³-hybridized carbons (Fsp3) is 0.207. The van der Waals surface area contributed by atoms with Crippen LogP contribution < -0.4 is 24.3 Å². The molecule has 0 aliphatic carbocycles. The zero-order chi connectivity index (χ0) is 27.8. The SMILES string of the molecule is COc1cc(C=C2SC(=O)N(CCNC(=O)COc3ccccc3-c3ccccc3)C2=O)cc(OC)c1OC. The van der Waals surface area contributed by atoms with E-state index in [2.05, 4.69) is 5.32 Å². The first-order valence-corrected chi connectivity index (χ1v) is 12.9. The highest BCUT2D eigenvalue weighted by atomic mass is 32.2. The first-order valence-electron chi connectivity index (χ1n) is 12.0. The molecule has 1 aliphatic rings. The molecule has 202 valence electrons. The molecule has 3 aromatic rings. The molecule has 0 saturated carbocycles. The minimum absolute atomic E-state index is 0.0314. The Hall–Kier alpha value is -4.44. The second-order valence-corrected chi connectivity index (χ2v) is 9.29. The third-order valence-electron chi connectivity index (χ3n) is 5.85. The second kappa shape index (κ2) is 12.9. The van der Waals surface area contributed by atoms with Gasteiger partial charge >= 0.3 is 0 Å². The first-order chi connectivity index (χ1) is 18.9. The number of carbonyl (C=O) groups is 3. The number of ether oxygens (including phenoxy) is 4. The van der Waals surface area contributed by atoms with Gasteiger partial charge in [0, 0.05) is 18.7 Å². The fourth-order valence-corrected chi connectivity index (χ4v) is 4.84. The van der Waals surface area contributed by atoms with Gasteiger partial charge in [-0.15, -0.1) is 0 Å². The van der Waals surface area contributed by atoms with Gasteiger partial charge in [0.1, 0.15) is 5.75 Å². The van der Waals surface area contributed by atoms with Crippen LogP contribution in [0.25, 0.3) is 17.2 Å². The minimum Gasteiger partial charge on any atom is -0.493 e. The second-order valence-electron chi connectivity index (χ2n) is 8.29. The molecule has 0 radical (unpaired) electrons. The highest BCUT2D eigenvalue weighted by molar-refractivity contribution is 8.18. The predicted molar refractivity (Wildman–Crippen MR) is 149 cm³/mol. The van der Waals surface area contributed by atoms with Crippen molar-refractivity contribution < 1.29 is 33.3 Å². The average Bonchev–Trinajstić information content (AvgIpc) is 3.23. The Kier molecular flexibility index (Phi) is 9.11. The van der Waals surface area contributed by atoms with E-state index in [1.165, 1.54) is 21.3 Å². The zero-order valence-corrected chi connectivity index (χ0v) is 22.6. The topological polar surface area (TPSA) is 103 Å². The Balaban J connectivity index is 1.33. The summed E-state index contributed by atoms with van der Waals surface area (Å²) in [5, 5.41) is 2.29. The number of para-hydroxylation sites is 1. The van der Waals surface area contributed by atoms with Crippen LogP contribution in [0, 0.1) is 0 Å². The van der Waals surface area contributed by atoms with Gasteiger partial charge in [0.2, 0.25) is 5.75 Å². The lowest BCUT2D eigenvalue weighted by Crippen LogP contribution is -2.38. The molecule has 0 unspecified atom stereocenters. The molecule has 0 bridgehead atoms. The van der Waals surface area contributed by atoms with Crippen molar-refractivity contribution in [2.24, 2.45) is 0 Å². The van der Waals surface area contributed by atoms with Gasteiger partial charge in [0.15, 0.2) is 18.1 Å². The quantitative estimate of drug-likeness (QED) is 0.347. The van der Waals surface area contributed by atoms with Crippen molar-refractivity contribution in [1.29, 1.82) is 0 Å². The van der Waals surface area contributed by atoms with Gasteiger partial charge in [0.05, 0.1) is 26.2 Å². The van der Waals surface area contributed by atoms with Crippen LogP contribution in [-0.4, -0.2) is 63.0 Å². The molecule has 3 aromatic carbocycles. The highest BCUT2D eigenvalue weighted by Crippen LogP contribution is 2.40. The van der Waals surface area contributed by atoms with Crippen molar-refractivity contribution in [1.82, 2.24) is 10.2 Å².